The third kappa shape index (κ3) is 2.24. The summed E-state index contributed by atoms with van der Waals surface area (Å²) in [5.41, 5.74) is 0. The van der Waals surface area contributed by atoms with Crippen molar-refractivity contribution in [2.24, 2.45) is 11.8 Å². The van der Waals surface area contributed by atoms with E-state index in [-0.39, 0.29) is 0 Å². The maximum atomic E-state index is 6.50. The first-order chi connectivity index (χ1) is 5.97. The van der Waals surface area contributed by atoms with Gasteiger partial charge in [0, 0.05) is 6.57 Å². The zero-order chi connectivity index (χ0) is 8.81. The van der Waals surface area contributed by atoms with Crippen LogP contribution < -0.4 is 0 Å². The van der Waals surface area contributed by atoms with Crippen LogP contribution in [0.15, 0.2) is 0 Å². The zero-order valence-electron chi connectivity index (χ0n) is 7.84. The average Bonchev–Trinajstić information content (AvgIpc) is 2.21. The molecule has 2 rings (SSSR count). The Labute approximate surface area is 75.8 Å². The van der Waals surface area contributed by atoms with Gasteiger partial charge in [0.25, 0.3) is 0 Å². The van der Waals surface area contributed by atoms with Crippen LogP contribution in [0.4, 0.5) is 0 Å². The van der Waals surface area contributed by atoms with E-state index in [1.807, 2.05) is 0 Å². The summed E-state index contributed by atoms with van der Waals surface area (Å²) in [6, 6.07) is 0. The maximum absolute atomic E-state index is 6.50. The lowest BCUT2D eigenvalue weighted by molar-refractivity contribution is 0.171. The van der Waals surface area contributed by atoms with Gasteiger partial charge in [0.15, 0.2) is 0 Å². The third-order valence-electron chi connectivity index (χ3n) is 3.47. The molecule has 0 aliphatic heterocycles. The smallest absolute Gasteiger partial charge is 0.0462 e. The number of fused-ring (bicyclic) bond motifs is 1. The number of hydrogen-bond donors (Lipinski definition) is 0. The molecule has 0 N–H and O–H groups in total. The average molecular weight is 165 g/mol. The summed E-state index contributed by atoms with van der Waals surface area (Å²) in [6.45, 7) is 3.50. The highest BCUT2D eigenvalue weighted by molar-refractivity contribution is 4.78. The van der Waals surface area contributed by atoms with Crippen molar-refractivity contribution < 1.29 is 0 Å². The summed E-state index contributed by atoms with van der Waals surface area (Å²) in [7, 11) is 0. The molecular formula is C11H19N. The van der Waals surface area contributed by atoms with E-state index in [4.69, 9.17) is 5.26 Å². The Bertz CT molecular complexity index is 113. The Morgan fingerprint density at radius 3 is 1.17 bits per heavy atom. The SMILES string of the molecule is C#N.C1CCC2CCCCC2C1. The van der Waals surface area contributed by atoms with Crippen molar-refractivity contribution in [1.82, 2.24) is 0 Å². The van der Waals surface area contributed by atoms with Gasteiger partial charge >= 0.3 is 0 Å². The van der Waals surface area contributed by atoms with Crippen molar-refractivity contribution in [2.75, 3.05) is 0 Å². The largest absolute Gasteiger partial charge is 0.202 e. The van der Waals surface area contributed by atoms with Crippen LogP contribution in [0.25, 0.3) is 0 Å². The highest BCUT2D eigenvalue weighted by atomic mass is 14.3. The molecule has 2 saturated carbocycles. The summed E-state index contributed by atoms with van der Waals surface area (Å²) < 4.78 is 0. The van der Waals surface area contributed by atoms with Crippen LogP contribution in [0.3, 0.4) is 0 Å². The minimum Gasteiger partial charge on any atom is -0.202 e. The quantitative estimate of drug-likeness (QED) is 0.539. The normalized spacial score (nSPS) is 34.2. The number of nitrogens with zero attached hydrogens (tertiary/aromatic N) is 1. The zero-order valence-corrected chi connectivity index (χ0v) is 7.84. The van der Waals surface area contributed by atoms with Gasteiger partial charge in [0.1, 0.15) is 0 Å². The summed E-state index contributed by atoms with van der Waals surface area (Å²) >= 11 is 0. The molecule has 0 heterocycles. The Kier molecular flexibility index (Phi) is 4.14. The van der Waals surface area contributed by atoms with Crippen molar-refractivity contribution in [1.29, 1.82) is 5.26 Å². The van der Waals surface area contributed by atoms with Crippen LogP contribution in [0.2, 0.25) is 0 Å². The second kappa shape index (κ2) is 5.19. The molecule has 68 valence electrons. The van der Waals surface area contributed by atoms with E-state index in [0.29, 0.717) is 0 Å². The Morgan fingerprint density at radius 2 is 0.917 bits per heavy atom. The third-order valence-corrected chi connectivity index (χ3v) is 3.47. The molecule has 0 unspecified atom stereocenters. The first-order valence-electron chi connectivity index (χ1n) is 5.22. The van der Waals surface area contributed by atoms with Gasteiger partial charge in [-0.3, -0.25) is 0 Å². The number of hydrogen-bond acceptors (Lipinski definition) is 1. The Hall–Kier alpha value is -0.510. The standard InChI is InChI=1S/C10H18.CHN/c1-2-6-10-8-4-3-7-9(10)5-1;1-2/h9-10H,1-8H2;1H. The molecule has 0 saturated heterocycles. The van der Waals surface area contributed by atoms with Gasteiger partial charge < -0.3 is 0 Å². The topological polar surface area (TPSA) is 23.8 Å². The van der Waals surface area contributed by atoms with E-state index < -0.39 is 0 Å². The summed E-state index contributed by atoms with van der Waals surface area (Å²) in [6.07, 6.45) is 12.4. The first kappa shape index (κ1) is 9.58. The van der Waals surface area contributed by atoms with Gasteiger partial charge in [-0.25, -0.2) is 5.26 Å². The molecule has 0 spiro atoms. The van der Waals surface area contributed by atoms with Crippen molar-refractivity contribution >= 4 is 0 Å². The minimum atomic E-state index is 1.16. The highest BCUT2D eigenvalue weighted by Gasteiger charge is 2.26. The van der Waals surface area contributed by atoms with Gasteiger partial charge in [-0.05, 0) is 11.8 Å². The number of rotatable bonds is 0. The van der Waals surface area contributed by atoms with Crippen molar-refractivity contribution in [3.8, 4) is 6.57 Å². The van der Waals surface area contributed by atoms with Crippen LogP contribution in [-0.2, 0) is 0 Å². The minimum absolute atomic E-state index is 1.16. The Balaban J connectivity index is 0.000000336. The van der Waals surface area contributed by atoms with Crippen molar-refractivity contribution in [3.05, 3.63) is 0 Å². The van der Waals surface area contributed by atoms with E-state index in [2.05, 4.69) is 6.57 Å². The van der Waals surface area contributed by atoms with E-state index >= 15 is 0 Å². The predicted octanol–water partition coefficient (Wildman–Crippen LogP) is 3.51. The lowest BCUT2D eigenvalue weighted by Crippen LogP contribution is -2.22. The molecule has 0 atom stereocenters. The van der Waals surface area contributed by atoms with Gasteiger partial charge in [0.2, 0.25) is 0 Å². The fourth-order valence-electron chi connectivity index (χ4n) is 2.86. The van der Waals surface area contributed by atoms with E-state index in [0.717, 1.165) is 11.8 Å². The van der Waals surface area contributed by atoms with E-state index in [1.165, 1.54) is 25.7 Å². The second-order valence-corrected chi connectivity index (χ2v) is 4.09. The molecular weight excluding hydrogens is 146 g/mol. The van der Waals surface area contributed by atoms with E-state index in [9.17, 15) is 0 Å². The van der Waals surface area contributed by atoms with E-state index in [1.54, 1.807) is 25.7 Å². The number of nitriles is 1. The molecule has 1 nitrogen and oxygen atoms in total. The van der Waals surface area contributed by atoms with Crippen LogP contribution in [0.1, 0.15) is 51.4 Å². The van der Waals surface area contributed by atoms with Crippen LogP contribution >= 0.6 is 0 Å². The molecule has 0 bridgehead atoms. The van der Waals surface area contributed by atoms with Crippen molar-refractivity contribution in [2.45, 2.75) is 51.4 Å². The summed E-state index contributed by atoms with van der Waals surface area (Å²) in [5.74, 6) is 2.31. The molecule has 12 heavy (non-hydrogen) atoms. The predicted molar refractivity (Wildman–Crippen MR) is 50.6 cm³/mol. The molecule has 0 radical (unpaired) electrons. The van der Waals surface area contributed by atoms with Crippen LogP contribution in [-0.4, -0.2) is 0 Å². The molecule has 0 aromatic carbocycles. The molecule has 2 aliphatic rings. The molecule has 1 heteroatoms. The molecule has 0 aromatic heterocycles. The Morgan fingerprint density at radius 1 is 0.667 bits per heavy atom. The monoisotopic (exact) mass is 165 g/mol. The highest BCUT2D eigenvalue weighted by Crippen LogP contribution is 2.39. The van der Waals surface area contributed by atoms with Gasteiger partial charge in [-0.2, -0.15) is 0 Å². The summed E-state index contributed by atoms with van der Waals surface area (Å²) in [4.78, 5) is 0. The molecule has 0 amide bonds. The molecule has 2 aliphatic carbocycles. The molecule has 2 fully saturated rings. The van der Waals surface area contributed by atoms with Crippen LogP contribution in [0.5, 0.6) is 0 Å². The van der Waals surface area contributed by atoms with Gasteiger partial charge in [-0.1, -0.05) is 51.4 Å². The lowest BCUT2D eigenvalue weighted by Gasteiger charge is -2.35. The summed E-state index contributed by atoms with van der Waals surface area (Å²) in [5, 5.41) is 6.50. The second-order valence-electron chi connectivity index (χ2n) is 4.09. The lowest BCUT2D eigenvalue weighted by atomic mass is 9.71. The fraction of sp³-hybridized carbons (Fsp3) is 0.909. The maximum Gasteiger partial charge on any atom is 0.0462 e. The first-order valence-corrected chi connectivity index (χ1v) is 5.22. The van der Waals surface area contributed by atoms with Gasteiger partial charge in [-0.15, -0.1) is 0 Å². The van der Waals surface area contributed by atoms with Crippen molar-refractivity contribution in [3.63, 3.8) is 0 Å². The van der Waals surface area contributed by atoms with Gasteiger partial charge in [0.05, 0.1) is 0 Å². The fourth-order valence-corrected chi connectivity index (χ4v) is 2.86. The molecule has 0 aromatic rings. The van der Waals surface area contributed by atoms with Crippen LogP contribution in [0, 0.1) is 23.7 Å².